The largest absolute Gasteiger partial charge is 0.391 e. The van der Waals surface area contributed by atoms with Crippen LogP contribution in [0.4, 0.5) is 17.6 Å². The second-order valence-corrected chi connectivity index (χ2v) is 5.93. The van der Waals surface area contributed by atoms with Crippen molar-refractivity contribution in [3.8, 4) is 0 Å². The highest BCUT2D eigenvalue weighted by Gasteiger charge is 2.42. The quantitative estimate of drug-likeness (QED) is 0.794. The molecule has 1 aliphatic carbocycles. The Morgan fingerprint density at radius 1 is 1.14 bits per heavy atom. The second kappa shape index (κ2) is 6.34. The zero-order valence-electron chi connectivity index (χ0n) is 12.3. The minimum absolute atomic E-state index is 0.0153. The number of nitrogens with one attached hydrogen (secondary N) is 1. The molecule has 1 saturated carbocycles. The Labute approximate surface area is 122 Å². The average molecular weight is 303 g/mol. The molecule has 2 rings (SSSR count). The highest BCUT2D eigenvalue weighted by Crippen LogP contribution is 2.43. The van der Waals surface area contributed by atoms with Crippen LogP contribution in [-0.4, -0.2) is 13.2 Å². The summed E-state index contributed by atoms with van der Waals surface area (Å²) in [7, 11) is 1.80. The smallest absolute Gasteiger partial charge is 0.313 e. The van der Waals surface area contributed by atoms with Crippen molar-refractivity contribution in [2.45, 2.75) is 44.8 Å². The molecule has 1 nitrogen and oxygen atoms in total. The predicted octanol–water partition coefficient (Wildman–Crippen LogP) is 4.76. The van der Waals surface area contributed by atoms with Gasteiger partial charge < -0.3 is 5.32 Å². The summed E-state index contributed by atoms with van der Waals surface area (Å²) in [4.78, 5) is 0. The van der Waals surface area contributed by atoms with Crippen molar-refractivity contribution in [2.75, 3.05) is 7.05 Å². The fourth-order valence-corrected chi connectivity index (χ4v) is 3.32. The molecule has 0 amide bonds. The van der Waals surface area contributed by atoms with E-state index in [2.05, 4.69) is 5.32 Å². The molecule has 0 aromatic heterocycles. The van der Waals surface area contributed by atoms with Crippen LogP contribution in [0.15, 0.2) is 18.2 Å². The molecule has 0 aliphatic heterocycles. The first kappa shape index (κ1) is 16.3. The number of halogens is 4. The Kier molecular flexibility index (Phi) is 4.91. The third kappa shape index (κ3) is 3.76. The van der Waals surface area contributed by atoms with Crippen LogP contribution in [-0.2, 0) is 0 Å². The van der Waals surface area contributed by atoms with Gasteiger partial charge in [-0.2, -0.15) is 13.2 Å². The van der Waals surface area contributed by atoms with Gasteiger partial charge in [0, 0.05) is 6.04 Å². The molecule has 1 unspecified atom stereocenters. The summed E-state index contributed by atoms with van der Waals surface area (Å²) in [5, 5.41) is 3.18. The first-order valence-corrected chi connectivity index (χ1v) is 7.33. The maximum Gasteiger partial charge on any atom is 0.391 e. The fourth-order valence-electron chi connectivity index (χ4n) is 3.32. The lowest BCUT2D eigenvalue weighted by atomic mass is 9.76. The number of hydrogen-bond donors (Lipinski definition) is 1. The van der Waals surface area contributed by atoms with Gasteiger partial charge in [-0.25, -0.2) is 4.39 Å². The topological polar surface area (TPSA) is 12.0 Å². The Balaban J connectivity index is 2.07. The van der Waals surface area contributed by atoms with Crippen molar-refractivity contribution in [2.24, 2.45) is 11.8 Å². The number of benzene rings is 1. The number of aryl methyl sites for hydroxylation is 1. The Morgan fingerprint density at radius 3 is 2.24 bits per heavy atom. The Bertz CT molecular complexity index is 476. The summed E-state index contributed by atoms with van der Waals surface area (Å²) in [5.41, 5.74) is 1.52. The van der Waals surface area contributed by atoms with Crippen LogP contribution in [0, 0.1) is 24.6 Å². The van der Waals surface area contributed by atoms with Gasteiger partial charge in [0.15, 0.2) is 0 Å². The van der Waals surface area contributed by atoms with E-state index in [4.69, 9.17) is 0 Å². The van der Waals surface area contributed by atoms with E-state index in [1.807, 2.05) is 0 Å². The van der Waals surface area contributed by atoms with Crippen LogP contribution < -0.4 is 5.32 Å². The maximum atomic E-state index is 13.3. The normalized spacial score (nSPS) is 24.9. The maximum absolute atomic E-state index is 13.3. The van der Waals surface area contributed by atoms with Crippen molar-refractivity contribution < 1.29 is 17.6 Å². The third-order valence-electron chi connectivity index (χ3n) is 4.56. The van der Waals surface area contributed by atoms with Gasteiger partial charge >= 0.3 is 6.18 Å². The lowest BCUT2D eigenvalue weighted by Gasteiger charge is -2.34. The van der Waals surface area contributed by atoms with Crippen molar-refractivity contribution in [1.29, 1.82) is 0 Å². The van der Waals surface area contributed by atoms with Gasteiger partial charge in [-0.1, -0.05) is 12.1 Å². The van der Waals surface area contributed by atoms with E-state index in [0.717, 1.165) is 5.56 Å². The summed E-state index contributed by atoms with van der Waals surface area (Å²) in [6.45, 7) is 1.70. The molecule has 0 saturated heterocycles. The number of alkyl halides is 3. The van der Waals surface area contributed by atoms with Crippen LogP contribution in [0.3, 0.4) is 0 Å². The lowest BCUT2D eigenvalue weighted by Crippen LogP contribution is -2.33. The number of rotatable bonds is 3. The summed E-state index contributed by atoms with van der Waals surface area (Å²) < 4.78 is 51.5. The molecule has 0 bridgehead atoms. The molecule has 1 N–H and O–H groups in total. The molecule has 21 heavy (non-hydrogen) atoms. The first-order chi connectivity index (χ1) is 9.82. The third-order valence-corrected chi connectivity index (χ3v) is 4.56. The molecule has 118 valence electrons. The van der Waals surface area contributed by atoms with Crippen LogP contribution in [0.1, 0.15) is 42.9 Å². The van der Waals surface area contributed by atoms with Crippen LogP contribution >= 0.6 is 0 Å². The first-order valence-electron chi connectivity index (χ1n) is 7.33. The standard InChI is InChI=1S/C16H21F4N/c1-10-9-12(5-8-14(10)17)15(21-2)11-3-6-13(7-4-11)16(18,19)20/h5,8-9,11,13,15,21H,3-4,6-7H2,1-2H3. The van der Waals surface area contributed by atoms with E-state index >= 15 is 0 Å². The van der Waals surface area contributed by atoms with E-state index < -0.39 is 12.1 Å². The van der Waals surface area contributed by atoms with E-state index in [1.54, 1.807) is 26.1 Å². The molecule has 0 radical (unpaired) electrons. The highest BCUT2D eigenvalue weighted by molar-refractivity contribution is 5.27. The van der Waals surface area contributed by atoms with E-state index in [0.29, 0.717) is 18.4 Å². The van der Waals surface area contributed by atoms with Crippen molar-refractivity contribution in [3.05, 3.63) is 35.1 Å². The monoisotopic (exact) mass is 303 g/mol. The van der Waals surface area contributed by atoms with Gasteiger partial charge in [0.2, 0.25) is 0 Å². The van der Waals surface area contributed by atoms with Gasteiger partial charge in [-0.15, -0.1) is 0 Å². The highest BCUT2D eigenvalue weighted by atomic mass is 19.4. The molecule has 1 atom stereocenters. The van der Waals surface area contributed by atoms with E-state index in [-0.39, 0.29) is 30.6 Å². The molecular formula is C16H21F4N. The summed E-state index contributed by atoms with van der Waals surface area (Å²) in [6.07, 6.45) is -2.61. The fraction of sp³-hybridized carbons (Fsp3) is 0.625. The van der Waals surface area contributed by atoms with E-state index in [9.17, 15) is 17.6 Å². The van der Waals surface area contributed by atoms with Crippen LogP contribution in [0.2, 0.25) is 0 Å². The van der Waals surface area contributed by atoms with Crippen molar-refractivity contribution in [1.82, 2.24) is 5.32 Å². The zero-order chi connectivity index (χ0) is 15.6. The van der Waals surface area contributed by atoms with Gasteiger partial charge in [0.25, 0.3) is 0 Å². The van der Waals surface area contributed by atoms with E-state index in [1.165, 1.54) is 6.07 Å². The molecular weight excluding hydrogens is 282 g/mol. The summed E-state index contributed by atoms with van der Waals surface area (Å²) in [6, 6.07) is 4.92. The molecule has 1 aromatic carbocycles. The Hall–Kier alpha value is -1.10. The van der Waals surface area contributed by atoms with Gasteiger partial charge in [0.1, 0.15) is 5.82 Å². The lowest BCUT2D eigenvalue weighted by molar-refractivity contribution is -0.184. The van der Waals surface area contributed by atoms with Crippen molar-refractivity contribution in [3.63, 3.8) is 0 Å². The predicted molar refractivity (Wildman–Crippen MR) is 74.4 cm³/mol. The SMILES string of the molecule is CNC(c1ccc(F)c(C)c1)C1CCC(C(F)(F)F)CC1. The van der Waals surface area contributed by atoms with Gasteiger partial charge in [-0.3, -0.25) is 0 Å². The zero-order valence-corrected chi connectivity index (χ0v) is 12.3. The molecule has 5 heteroatoms. The molecule has 0 spiro atoms. The molecule has 1 aromatic rings. The number of hydrogen-bond acceptors (Lipinski definition) is 1. The summed E-state index contributed by atoms with van der Waals surface area (Å²) >= 11 is 0. The molecule has 1 fully saturated rings. The van der Waals surface area contributed by atoms with Crippen molar-refractivity contribution >= 4 is 0 Å². The summed E-state index contributed by atoms with van der Waals surface area (Å²) in [5.74, 6) is -1.26. The minimum Gasteiger partial charge on any atom is -0.313 e. The average Bonchev–Trinajstić information content (AvgIpc) is 2.43. The Morgan fingerprint density at radius 2 is 1.76 bits per heavy atom. The minimum atomic E-state index is -4.08. The molecule has 0 heterocycles. The van der Waals surface area contributed by atoms with Crippen LogP contribution in [0.25, 0.3) is 0 Å². The molecule has 1 aliphatic rings. The van der Waals surface area contributed by atoms with Crippen LogP contribution in [0.5, 0.6) is 0 Å². The van der Waals surface area contributed by atoms with Gasteiger partial charge in [-0.05, 0) is 62.8 Å². The van der Waals surface area contributed by atoms with Gasteiger partial charge in [0.05, 0.1) is 5.92 Å². The second-order valence-electron chi connectivity index (χ2n) is 5.93.